The molecule has 1 aliphatic rings. The molecule has 11 rings (SSSR count). The Bertz CT molecular complexity index is 3130. The summed E-state index contributed by atoms with van der Waals surface area (Å²) in [4.78, 5) is 10.3. The van der Waals surface area contributed by atoms with Gasteiger partial charge in [0.2, 0.25) is 5.95 Å². The summed E-state index contributed by atoms with van der Waals surface area (Å²) < 4.78 is 10.7. The average molecular weight is 652 g/mol. The molecule has 6 nitrogen and oxygen atoms in total. The summed E-state index contributed by atoms with van der Waals surface area (Å²) >= 11 is 0. The molecule has 0 radical (unpaired) electrons. The number of hydrogen-bond acceptors (Lipinski definition) is 4. The van der Waals surface area contributed by atoms with Crippen LogP contribution < -0.4 is 4.74 Å². The van der Waals surface area contributed by atoms with Crippen LogP contribution in [0.1, 0.15) is 5.56 Å². The van der Waals surface area contributed by atoms with E-state index in [1.165, 1.54) is 21.8 Å². The molecule has 0 saturated carbocycles. The quantitative estimate of drug-likeness (QED) is 0.191. The smallest absolute Gasteiger partial charge is 0.235 e. The van der Waals surface area contributed by atoms with Crippen LogP contribution in [0.5, 0.6) is 11.5 Å². The normalized spacial score (nSPS) is 12.1. The summed E-state index contributed by atoms with van der Waals surface area (Å²) in [5.74, 6) is 1.95. The second-order valence-electron chi connectivity index (χ2n) is 13.0. The maximum absolute atomic E-state index is 9.69. The van der Waals surface area contributed by atoms with Gasteiger partial charge in [-0.15, -0.1) is 0 Å². The van der Waals surface area contributed by atoms with Gasteiger partial charge in [0.05, 0.1) is 50.3 Å². The van der Waals surface area contributed by atoms with Gasteiger partial charge in [0.15, 0.2) is 0 Å². The number of hydrogen-bond donors (Lipinski definition) is 0. The van der Waals surface area contributed by atoms with Crippen LogP contribution >= 0.6 is 0 Å². The highest BCUT2D eigenvalue weighted by atomic mass is 16.5. The Morgan fingerprint density at radius 2 is 1.16 bits per heavy atom. The monoisotopic (exact) mass is 651 g/mol. The molecule has 7 aromatic carbocycles. The molecule has 0 amide bonds. The number of benzene rings is 7. The van der Waals surface area contributed by atoms with Crippen molar-refractivity contribution >= 4 is 54.5 Å². The van der Waals surface area contributed by atoms with Gasteiger partial charge < -0.3 is 9.30 Å². The highest BCUT2D eigenvalue weighted by Crippen LogP contribution is 2.46. The van der Waals surface area contributed by atoms with Crippen molar-refractivity contribution in [1.29, 1.82) is 5.26 Å². The Kier molecular flexibility index (Phi) is 5.64. The Morgan fingerprint density at radius 1 is 0.510 bits per heavy atom. The first-order chi connectivity index (χ1) is 25.2. The summed E-state index contributed by atoms with van der Waals surface area (Å²) in [6.45, 7) is 0. The fourth-order valence-electron chi connectivity index (χ4n) is 7.89. The topological polar surface area (TPSA) is 68.7 Å². The molecule has 0 aliphatic carbocycles. The molecule has 0 fully saturated rings. The van der Waals surface area contributed by atoms with Gasteiger partial charge in [-0.3, -0.25) is 4.57 Å². The van der Waals surface area contributed by atoms with Crippen LogP contribution in [0.25, 0.3) is 88.5 Å². The van der Waals surface area contributed by atoms with E-state index in [2.05, 4.69) is 130 Å². The van der Waals surface area contributed by atoms with E-state index in [1.807, 2.05) is 30.3 Å². The van der Waals surface area contributed by atoms with Gasteiger partial charge in [-0.25, -0.2) is 9.97 Å². The molecule has 0 N–H and O–H groups in total. The first-order valence-electron chi connectivity index (χ1n) is 16.9. The van der Waals surface area contributed by atoms with Crippen LogP contribution in [0.15, 0.2) is 152 Å². The van der Waals surface area contributed by atoms with E-state index in [1.54, 1.807) is 6.07 Å². The highest BCUT2D eigenvalue weighted by Gasteiger charge is 2.25. The van der Waals surface area contributed by atoms with E-state index < -0.39 is 0 Å². The van der Waals surface area contributed by atoms with Crippen LogP contribution in [0, 0.1) is 11.3 Å². The molecule has 3 aromatic heterocycles. The summed E-state index contributed by atoms with van der Waals surface area (Å²) in [5.41, 5.74) is 10.7. The Labute approximate surface area is 291 Å². The number of para-hydroxylation sites is 3. The molecule has 0 atom stereocenters. The van der Waals surface area contributed by atoms with Crippen molar-refractivity contribution in [1.82, 2.24) is 19.1 Å². The molecule has 0 unspecified atom stereocenters. The second kappa shape index (κ2) is 10.4. The number of nitrogens with zero attached hydrogens (tertiary/aromatic N) is 5. The number of aromatic nitrogens is 4. The van der Waals surface area contributed by atoms with E-state index in [0.29, 0.717) is 23.0 Å². The minimum Gasteiger partial charge on any atom is -0.456 e. The fraction of sp³-hybridized carbons (Fsp3) is 0. The van der Waals surface area contributed by atoms with Crippen molar-refractivity contribution in [2.45, 2.75) is 0 Å². The Balaban J connectivity index is 1.12. The number of rotatable bonds is 3. The summed E-state index contributed by atoms with van der Waals surface area (Å²) in [6, 6.07) is 54.7. The van der Waals surface area contributed by atoms with E-state index in [0.717, 1.165) is 60.8 Å². The summed E-state index contributed by atoms with van der Waals surface area (Å²) in [5, 5.41) is 15.2. The molecule has 51 heavy (non-hydrogen) atoms. The van der Waals surface area contributed by atoms with Gasteiger partial charge in [0, 0.05) is 32.8 Å². The Hall–Kier alpha value is -7.23. The summed E-state index contributed by atoms with van der Waals surface area (Å²) in [7, 11) is 0. The fourth-order valence-corrected chi connectivity index (χ4v) is 7.89. The largest absolute Gasteiger partial charge is 0.456 e. The molecule has 10 aromatic rings. The van der Waals surface area contributed by atoms with Crippen LogP contribution in [0.2, 0.25) is 0 Å². The highest BCUT2D eigenvalue weighted by molar-refractivity contribution is 6.13. The number of fused-ring (bicyclic) bond motifs is 8. The number of ether oxygens (including phenoxy) is 1. The van der Waals surface area contributed by atoms with Gasteiger partial charge in [-0.2, -0.15) is 5.26 Å². The molecular formula is C45H25N5O. The molecule has 4 heterocycles. The van der Waals surface area contributed by atoms with Crippen molar-refractivity contribution in [2.75, 3.05) is 0 Å². The molecule has 6 heteroatoms. The molecule has 1 aliphatic heterocycles. The lowest BCUT2D eigenvalue weighted by molar-refractivity contribution is 0.486. The minimum absolute atomic E-state index is 0.553. The lowest BCUT2D eigenvalue weighted by Gasteiger charge is -2.21. The van der Waals surface area contributed by atoms with Gasteiger partial charge in [-0.1, -0.05) is 72.8 Å². The maximum Gasteiger partial charge on any atom is 0.235 e. The van der Waals surface area contributed by atoms with Crippen LogP contribution in [0.4, 0.5) is 0 Å². The lowest BCUT2D eigenvalue weighted by atomic mass is 10.0. The molecule has 0 spiro atoms. The predicted octanol–water partition coefficient (Wildman–Crippen LogP) is 11.1. The molecule has 0 bridgehead atoms. The van der Waals surface area contributed by atoms with Gasteiger partial charge in [0.25, 0.3) is 0 Å². The van der Waals surface area contributed by atoms with Crippen molar-refractivity contribution < 1.29 is 4.74 Å². The zero-order chi connectivity index (χ0) is 33.6. The van der Waals surface area contributed by atoms with E-state index in [4.69, 9.17) is 14.7 Å². The van der Waals surface area contributed by atoms with E-state index in [-0.39, 0.29) is 0 Å². The van der Waals surface area contributed by atoms with Gasteiger partial charge >= 0.3 is 0 Å². The number of nitriles is 1. The zero-order valence-corrected chi connectivity index (χ0v) is 27.1. The third-order valence-electron chi connectivity index (χ3n) is 10.1. The third-order valence-corrected chi connectivity index (χ3v) is 10.1. The first kappa shape index (κ1) is 27.7. The van der Waals surface area contributed by atoms with Crippen molar-refractivity contribution in [3.8, 4) is 51.6 Å². The minimum atomic E-state index is 0.553. The molecular weight excluding hydrogens is 627 g/mol. The van der Waals surface area contributed by atoms with Crippen LogP contribution in [-0.2, 0) is 0 Å². The average Bonchev–Trinajstić information content (AvgIpc) is 3.70. The Morgan fingerprint density at radius 3 is 1.88 bits per heavy atom. The second-order valence-corrected chi connectivity index (χ2v) is 13.0. The SMILES string of the molecule is N#Cc1ccc2c(c1)-c1nc(-n3c4ccccc4c4cc(-c5ccc6c(c5)c5ccccc5n6-c5ccccc5)ccc43)nc3cccc(c13)O2. The molecule has 236 valence electrons. The van der Waals surface area contributed by atoms with Crippen molar-refractivity contribution in [3.05, 3.63) is 157 Å². The third kappa shape index (κ3) is 3.97. The standard InChI is InChI=1S/C45H25N5O/c46-26-27-17-22-41-35(23-27)44-43-36(13-8-16-42(43)51-41)47-45(48-44)50-38-15-7-5-12-32(38)34-25-29(19-21-40(34)50)28-18-20-39-33(24-28)31-11-4-6-14-37(31)49(39)30-9-2-1-3-10-30/h1-25H. The van der Waals surface area contributed by atoms with Crippen LogP contribution in [0.3, 0.4) is 0 Å². The van der Waals surface area contributed by atoms with E-state index in [9.17, 15) is 5.26 Å². The molecule has 0 saturated heterocycles. The lowest BCUT2D eigenvalue weighted by Crippen LogP contribution is -2.06. The van der Waals surface area contributed by atoms with Gasteiger partial charge in [0.1, 0.15) is 11.5 Å². The van der Waals surface area contributed by atoms with Gasteiger partial charge in [-0.05, 0) is 90.0 Å². The van der Waals surface area contributed by atoms with Crippen LogP contribution in [-0.4, -0.2) is 19.1 Å². The van der Waals surface area contributed by atoms with Crippen molar-refractivity contribution in [3.63, 3.8) is 0 Å². The zero-order valence-electron chi connectivity index (χ0n) is 27.1. The predicted molar refractivity (Wildman–Crippen MR) is 204 cm³/mol. The summed E-state index contributed by atoms with van der Waals surface area (Å²) in [6.07, 6.45) is 0. The first-order valence-corrected chi connectivity index (χ1v) is 16.9. The van der Waals surface area contributed by atoms with E-state index >= 15 is 0 Å². The maximum atomic E-state index is 9.69. The van der Waals surface area contributed by atoms with Crippen molar-refractivity contribution in [2.24, 2.45) is 0 Å².